The molecule has 0 saturated heterocycles. The highest BCUT2D eigenvalue weighted by molar-refractivity contribution is 8.00. The summed E-state index contributed by atoms with van der Waals surface area (Å²) in [7, 11) is 0. The quantitative estimate of drug-likeness (QED) is 0.139. The van der Waals surface area contributed by atoms with Gasteiger partial charge in [0.2, 0.25) is 5.91 Å². The third kappa shape index (κ3) is 6.68. The van der Waals surface area contributed by atoms with Crippen LogP contribution in [0.5, 0.6) is 0 Å². The van der Waals surface area contributed by atoms with Crippen LogP contribution in [0.2, 0.25) is 20.1 Å². The maximum Gasteiger partial charge on any atom is 0.418 e. The van der Waals surface area contributed by atoms with Gasteiger partial charge in [-0.2, -0.15) is 13.2 Å². The fourth-order valence-electron chi connectivity index (χ4n) is 3.22. The number of aromatic carboxylic acids is 1. The summed E-state index contributed by atoms with van der Waals surface area (Å²) in [6.45, 7) is 1.50. The fraction of sp³-hybridized carbons (Fsp3) is 0.125. The van der Waals surface area contributed by atoms with Crippen molar-refractivity contribution in [2.75, 3.05) is 10.6 Å². The van der Waals surface area contributed by atoms with Gasteiger partial charge in [0.25, 0.3) is 5.91 Å². The van der Waals surface area contributed by atoms with Gasteiger partial charge in [0.05, 0.1) is 47.7 Å². The van der Waals surface area contributed by atoms with Crippen molar-refractivity contribution in [3.63, 3.8) is 0 Å². The fourth-order valence-corrected chi connectivity index (χ4v) is 5.16. The van der Waals surface area contributed by atoms with Crippen LogP contribution in [0.15, 0.2) is 53.4 Å². The Morgan fingerprint density at radius 2 is 1.47 bits per heavy atom. The average molecular weight is 626 g/mol. The van der Waals surface area contributed by atoms with Crippen molar-refractivity contribution in [3.8, 4) is 0 Å². The van der Waals surface area contributed by atoms with Crippen LogP contribution in [0.25, 0.3) is 0 Å². The van der Waals surface area contributed by atoms with Crippen LogP contribution < -0.4 is 10.6 Å². The molecule has 0 bridgehead atoms. The van der Waals surface area contributed by atoms with E-state index in [0.29, 0.717) is 4.90 Å². The summed E-state index contributed by atoms with van der Waals surface area (Å²) < 4.78 is 39.7. The number of carboxylic acid groups (broad SMARTS) is 1. The van der Waals surface area contributed by atoms with E-state index in [1.807, 2.05) is 0 Å². The van der Waals surface area contributed by atoms with Crippen LogP contribution in [-0.4, -0.2) is 28.1 Å². The molecule has 0 spiro atoms. The van der Waals surface area contributed by atoms with Crippen molar-refractivity contribution in [1.82, 2.24) is 0 Å². The molecule has 1 atom stereocenters. The van der Waals surface area contributed by atoms with Crippen molar-refractivity contribution in [2.45, 2.75) is 23.2 Å². The van der Waals surface area contributed by atoms with E-state index in [2.05, 4.69) is 10.6 Å². The molecule has 0 aliphatic carbocycles. The van der Waals surface area contributed by atoms with Crippen molar-refractivity contribution in [2.24, 2.45) is 0 Å². The minimum atomic E-state index is -4.64. The minimum Gasteiger partial charge on any atom is -0.478 e. The van der Waals surface area contributed by atoms with E-state index in [0.717, 1.165) is 23.9 Å². The lowest BCUT2D eigenvalue weighted by molar-refractivity contribution is -0.137. The van der Waals surface area contributed by atoms with Crippen molar-refractivity contribution >= 4 is 87.3 Å². The number of para-hydroxylation sites is 1. The first-order valence-electron chi connectivity index (χ1n) is 10.4. The maximum absolute atomic E-state index is 13.2. The normalized spacial score (nSPS) is 12.1. The molecule has 3 aromatic carbocycles. The number of rotatable bonds is 7. The number of thioether (sulfide) groups is 1. The standard InChI is InChI=1S/C24H15Cl4F3N2O4S/c1-10(21(34)33-14-8-3-2-7-13(14)24(29,30)31)38-12-6-4-5-11(9-12)32-22(35)15-16(23(36)37)18(26)20(28)19(27)17(15)25/h2-10H,1H3,(H,32,35)(H,33,34)(H,36,37). The lowest BCUT2D eigenvalue weighted by Gasteiger charge is -2.17. The van der Waals surface area contributed by atoms with Crippen LogP contribution in [0.4, 0.5) is 24.5 Å². The summed E-state index contributed by atoms with van der Waals surface area (Å²) in [5.74, 6) is -3.18. The van der Waals surface area contributed by atoms with Crippen molar-refractivity contribution < 1.29 is 32.7 Å². The predicted molar refractivity (Wildman–Crippen MR) is 143 cm³/mol. The molecule has 3 N–H and O–H groups in total. The molecule has 38 heavy (non-hydrogen) atoms. The van der Waals surface area contributed by atoms with Gasteiger partial charge in [-0.15, -0.1) is 11.8 Å². The highest BCUT2D eigenvalue weighted by atomic mass is 35.5. The Morgan fingerprint density at radius 3 is 2.08 bits per heavy atom. The van der Waals surface area contributed by atoms with E-state index in [-0.39, 0.29) is 21.4 Å². The van der Waals surface area contributed by atoms with E-state index < -0.39 is 55.9 Å². The number of nitrogens with one attached hydrogen (secondary N) is 2. The Hall–Kier alpha value is -2.63. The lowest BCUT2D eigenvalue weighted by Crippen LogP contribution is -2.24. The van der Waals surface area contributed by atoms with Gasteiger partial charge in [-0.3, -0.25) is 9.59 Å². The summed E-state index contributed by atoms with van der Waals surface area (Å²) in [6.07, 6.45) is -4.64. The molecular formula is C24H15Cl4F3N2O4S. The maximum atomic E-state index is 13.2. The van der Waals surface area contributed by atoms with E-state index >= 15 is 0 Å². The Bertz CT molecular complexity index is 1440. The molecule has 3 aromatic rings. The summed E-state index contributed by atoms with van der Waals surface area (Å²) in [5, 5.41) is 12.0. The first-order valence-corrected chi connectivity index (χ1v) is 12.8. The van der Waals surface area contributed by atoms with Crippen LogP contribution in [0.3, 0.4) is 0 Å². The van der Waals surface area contributed by atoms with E-state index in [9.17, 15) is 32.7 Å². The number of carboxylic acids is 1. The van der Waals surface area contributed by atoms with Crippen LogP contribution in [0, 0.1) is 0 Å². The number of anilines is 2. The Labute approximate surface area is 238 Å². The zero-order chi connectivity index (χ0) is 28.4. The van der Waals surface area contributed by atoms with Gasteiger partial charge in [0, 0.05) is 10.6 Å². The highest BCUT2D eigenvalue weighted by Gasteiger charge is 2.34. The first kappa shape index (κ1) is 29.9. The number of amides is 2. The van der Waals surface area contributed by atoms with Crippen LogP contribution in [-0.2, 0) is 11.0 Å². The molecule has 0 aromatic heterocycles. The number of carbonyl (C=O) groups is 3. The lowest BCUT2D eigenvalue weighted by atomic mass is 10.1. The average Bonchev–Trinajstić information content (AvgIpc) is 2.84. The van der Waals surface area contributed by atoms with E-state index in [1.54, 1.807) is 12.1 Å². The van der Waals surface area contributed by atoms with Gasteiger partial charge in [-0.25, -0.2) is 4.79 Å². The molecule has 3 rings (SSSR count). The molecular weight excluding hydrogens is 611 g/mol. The van der Waals surface area contributed by atoms with Crippen LogP contribution in [0.1, 0.15) is 33.2 Å². The number of hydrogen-bond donors (Lipinski definition) is 3. The molecule has 0 saturated carbocycles. The Balaban J connectivity index is 1.79. The molecule has 0 aliphatic rings. The topological polar surface area (TPSA) is 95.5 Å². The zero-order valence-electron chi connectivity index (χ0n) is 18.9. The number of benzene rings is 3. The Kier molecular flexibility index (Phi) is 9.48. The van der Waals surface area contributed by atoms with Gasteiger partial charge in [-0.05, 0) is 37.3 Å². The summed E-state index contributed by atoms with van der Waals surface area (Å²) in [6, 6.07) is 10.7. The third-order valence-electron chi connectivity index (χ3n) is 4.97. The van der Waals surface area contributed by atoms with Gasteiger partial charge in [-0.1, -0.05) is 64.6 Å². The molecule has 0 fully saturated rings. The van der Waals surface area contributed by atoms with Gasteiger partial charge in [0.1, 0.15) is 0 Å². The van der Waals surface area contributed by atoms with Crippen molar-refractivity contribution in [3.05, 3.63) is 85.3 Å². The number of alkyl halides is 3. The molecule has 2 amide bonds. The smallest absolute Gasteiger partial charge is 0.418 e. The number of carbonyl (C=O) groups excluding carboxylic acids is 2. The van der Waals surface area contributed by atoms with Gasteiger partial charge >= 0.3 is 12.1 Å². The predicted octanol–water partition coefficient (Wildman–Crippen LogP) is 8.39. The molecule has 0 aliphatic heterocycles. The van der Waals surface area contributed by atoms with E-state index in [4.69, 9.17) is 46.4 Å². The highest BCUT2D eigenvalue weighted by Crippen LogP contribution is 2.42. The monoisotopic (exact) mass is 624 g/mol. The SMILES string of the molecule is CC(Sc1cccc(NC(=O)c2c(Cl)c(Cl)c(Cl)c(Cl)c2C(=O)O)c1)C(=O)Nc1ccccc1C(F)(F)F. The van der Waals surface area contributed by atoms with Crippen LogP contribution >= 0.6 is 58.2 Å². The van der Waals surface area contributed by atoms with Crippen molar-refractivity contribution in [1.29, 1.82) is 0 Å². The zero-order valence-corrected chi connectivity index (χ0v) is 22.8. The first-order chi connectivity index (χ1) is 17.7. The van der Waals surface area contributed by atoms with Gasteiger partial charge in [0.15, 0.2) is 0 Å². The molecule has 1 unspecified atom stereocenters. The number of halogens is 7. The minimum absolute atomic E-state index is 0.199. The molecule has 0 heterocycles. The Morgan fingerprint density at radius 1 is 0.868 bits per heavy atom. The second-order valence-electron chi connectivity index (χ2n) is 7.59. The summed E-state index contributed by atoms with van der Waals surface area (Å²) in [4.78, 5) is 37.8. The molecule has 0 radical (unpaired) electrons. The summed E-state index contributed by atoms with van der Waals surface area (Å²) in [5.41, 5.74) is -2.29. The molecule has 6 nitrogen and oxygen atoms in total. The summed E-state index contributed by atoms with van der Waals surface area (Å²) >= 11 is 25.0. The molecule has 200 valence electrons. The second kappa shape index (κ2) is 12.0. The second-order valence-corrected chi connectivity index (χ2v) is 10.5. The van der Waals surface area contributed by atoms with E-state index in [1.165, 1.54) is 31.2 Å². The van der Waals surface area contributed by atoms with Gasteiger partial charge < -0.3 is 15.7 Å². The molecule has 14 heteroatoms. The number of hydrogen-bond acceptors (Lipinski definition) is 4. The largest absolute Gasteiger partial charge is 0.478 e. The third-order valence-corrected chi connectivity index (χ3v) is 7.87.